The summed E-state index contributed by atoms with van der Waals surface area (Å²) in [6, 6.07) is -0.114. The van der Waals surface area contributed by atoms with Crippen molar-refractivity contribution < 1.29 is 9.47 Å². The Kier molecular flexibility index (Phi) is 5.57. The molecule has 0 spiro atoms. The highest BCUT2D eigenvalue weighted by molar-refractivity contribution is 9.10. The fourth-order valence-electron chi connectivity index (χ4n) is 2.74. The molecule has 1 fully saturated rings. The lowest BCUT2D eigenvalue weighted by molar-refractivity contribution is -0.0917. The van der Waals surface area contributed by atoms with Crippen LogP contribution in [-0.4, -0.2) is 35.7 Å². The highest BCUT2D eigenvalue weighted by Gasteiger charge is 2.40. The van der Waals surface area contributed by atoms with Crippen LogP contribution in [0.3, 0.4) is 0 Å². The molecule has 1 aromatic rings. The molecule has 0 aromatic carbocycles. The van der Waals surface area contributed by atoms with E-state index in [2.05, 4.69) is 33.4 Å². The first-order chi connectivity index (χ1) is 9.62. The minimum atomic E-state index is -0.319. The standard InChI is InChI=1S/C13H23BrN4O2/c1-13(5-3-4-7-20-13)12(17-15)11-10(14)9-16-18(11)6-8-19-2/h9,12,17H,3-8,15H2,1-2H3. The number of methoxy groups -OCH3 is 1. The SMILES string of the molecule is COCCn1ncc(Br)c1C(NN)C1(C)CCCCO1. The van der Waals surface area contributed by atoms with E-state index in [-0.39, 0.29) is 11.6 Å². The van der Waals surface area contributed by atoms with E-state index >= 15 is 0 Å². The largest absolute Gasteiger partial charge is 0.383 e. The van der Waals surface area contributed by atoms with Gasteiger partial charge in [-0.25, -0.2) is 5.43 Å². The monoisotopic (exact) mass is 346 g/mol. The molecule has 1 aliphatic heterocycles. The zero-order valence-corrected chi connectivity index (χ0v) is 13.6. The Hall–Kier alpha value is -0.470. The van der Waals surface area contributed by atoms with Crippen LogP contribution < -0.4 is 11.3 Å². The minimum absolute atomic E-state index is 0.114. The Morgan fingerprint density at radius 3 is 3.05 bits per heavy atom. The molecule has 114 valence electrons. The summed E-state index contributed by atoms with van der Waals surface area (Å²) in [6.07, 6.45) is 5.03. The van der Waals surface area contributed by atoms with Crippen molar-refractivity contribution in [2.45, 2.75) is 44.4 Å². The van der Waals surface area contributed by atoms with Gasteiger partial charge in [-0.3, -0.25) is 10.5 Å². The van der Waals surface area contributed by atoms with Crippen LogP contribution in [0.25, 0.3) is 0 Å². The van der Waals surface area contributed by atoms with Gasteiger partial charge < -0.3 is 9.47 Å². The van der Waals surface area contributed by atoms with Crippen LogP contribution in [0, 0.1) is 0 Å². The fraction of sp³-hybridized carbons (Fsp3) is 0.769. The second-order valence-corrected chi connectivity index (χ2v) is 6.17. The van der Waals surface area contributed by atoms with Gasteiger partial charge in [-0.15, -0.1) is 0 Å². The van der Waals surface area contributed by atoms with Crippen LogP contribution in [0.15, 0.2) is 10.7 Å². The molecule has 2 unspecified atom stereocenters. The molecule has 1 aromatic heterocycles. The molecule has 0 aliphatic carbocycles. The summed E-state index contributed by atoms with van der Waals surface area (Å²) in [5.74, 6) is 5.82. The molecule has 2 atom stereocenters. The third kappa shape index (κ3) is 3.23. The van der Waals surface area contributed by atoms with Crippen molar-refractivity contribution >= 4 is 15.9 Å². The zero-order valence-electron chi connectivity index (χ0n) is 12.1. The van der Waals surface area contributed by atoms with E-state index < -0.39 is 0 Å². The van der Waals surface area contributed by atoms with E-state index in [0.29, 0.717) is 13.2 Å². The van der Waals surface area contributed by atoms with Crippen LogP contribution in [0.1, 0.15) is 37.9 Å². The lowest BCUT2D eigenvalue weighted by atomic mass is 9.86. The first kappa shape index (κ1) is 15.9. The molecule has 3 N–H and O–H groups in total. The summed E-state index contributed by atoms with van der Waals surface area (Å²) in [6.45, 7) is 4.18. The van der Waals surface area contributed by atoms with Crippen LogP contribution in [0.2, 0.25) is 0 Å². The number of nitrogens with zero attached hydrogens (tertiary/aromatic N) is 2. The van der Waals surface area contributed by atoms with E-state index in [1.807, 2.05) is 4.68 Å². The van der Waals surface area contributed by atoms with Crippen LogP contribution in [0.5, 0.6) is 0 Å². The Balaban J connectivity index is 2.28. The number of rotatable bonds is 6. The van der Waals surface area contributed by atoms with Gasteiger partial charge in [0.1, 0.15) is 0 Å². The van der Waals surface area contributed by atoms with Gasteiger partial charge >= 0.3 is 0 Å². The number of hydrazine groups is 1. The van der Waals surface area contributed by atoms with Crippen molar-refractivity contribution in [2.24, 2.45) is 5.84 Å². The maximum absolute atomic E-state index is 6.02. The maximum Gasteiger partial charge on any atom is 0.0927 e. The number of nitrogens with one attached hydrogen (secondary N) is 1. The van der Waals surface area contributed by atoms with Gasteiger partial charge in [-0.2, -0.15) is 5.10 Å². The average Bonchev–Trinajstić information content (AvgIpc) is 2.80. The molecule has 0 amide bonds. The highest BCUT2D eigenvalue weighted by Crippen LogP contribution is 2.38. The Labute approximate surface area is 128 Å². The maximum atomic E-state index is 6.02. The number of hydrogen-bond acceptors (Lipinski definition) is 5. The van der Waals surface area contributed by atoms with E-state index in [9.17, 15) is 0 Å². The molecule has 20 heavy (non-hydrogen) atoms. The lowest BCUT2D eigenvalue weighted by Gasteiger charge is -2.40. The van der Waals surface area contributed by atoms with Gasteiger partial charge in [-0.05, 0) is 42.1 Å². The van der Waals surface area contributed by atoms with Crippen molar-refractivity contribution in [3.63, 3.8) is 0 Å². The summed E-state index contributed by atoms with van der Waals surface area (Å²) in [7, 11) is 1.68. The summed E-state index contributed by atoms with van der Waals surface area (Å²) in [4.78, 5) is 0. The molecule has 1 aliphatic rings. The molecule has 0 saturated carbocycles. The van der Waals surface area contributed by atoms with Crippen LogP contribution >= 0.6 is 15.9 Å². The fourth-order valence-corrected chi connectivity index (χ4v) is 3.27. The van der Waals surface area contributed by atoms with Gasteiger partial charge in [-0.1, -0.05) is 0 Å². The summed E-state index contributed by atoms with van der Waals surface area (Å²) in [5.41, 5.74) is 3.60. The lowest BCUT2D eigenvalue weighted by Crippen LogP contribution is -2.49. The van der Waals surface area contributed by atoms with E-state index in [1.54, 1.807) is 13.3 Å². The molecule has 2 rings (SSSR count). The van der Waals surface area contributed by atoms with Gasteiger partial charge in [0.2, 0.25) is 0 Å². The minimum Gasteiger partial charge on any atom is -0.383 e. The third-order valence-electron chi connectivity index (χ3n) is 3.89. The smallest absolute Gasteiger partial charge is 0.0927 e. The number of aromatic nitrogens is 2. The van der Waals surface area contributed by atoms with Crippen molar-refractivity contribution in [3.8, 4) is 0 Å². The van der Waals surface area contributed by atoms with Gasteiger partial charge in [0.25, 0.3) is 0 Å². The normalized spacial score (nSPS) is 24.8. The highest BCUT2D eigenvalue weighted by atomic mass is 79.9. The number of halogens is 1. The predicted molar refractivity (Wildman–Crippen MR) is 80.1 cm³/mol. The van der Waals surface area contributed by atoms with Crippen LogP contribution in [0.4, 0.5) is 0 Å². The topological polar surface area (TPSA) is 74.3 Å². The van der Waals surface area contributed by atoms with Gasteiger partial charge in [0.15, 0.2) is 0 Å². The molecule has 1 saturated heterocycles. The van der Waals surface area contributed by atoms with Gasteiger partial charge in [0, 0.05) is 13.7 Å². The molecule has 6 nitrogen and oxygen atoms in total. The number of hydrogen-bond donors (Lipinski definition) is 2. The molecule has 0 radical (unpaired) electrons. The van der Waals surface area contributed by atoms with Gasteiger partial charge in [0.05, 0.1) is 41.2 Å². The van der Waals surface area contributed by atoms with Crippen molar-refractivity contribution in [3.05, 3.63) is 16.4 Å². The molecule has 0 bridgehead atoms. The Morgan fingerprint density at radius 1 is 1.65 bits per heavy atom. The third-order valence-corrected chi connectivity index (χ3v) is 4.50. The second kappa shape index (κ2) is 7.00. The Morgan fingerprint density at radius 2 is 2.45 bits per heavy atom. The molecule has 2 heterocycles. The van der Waals surface area contributed by atoms with Crippen LogP contribution in [-0.2, 0) is 16.0 Å². The number of nitrogens with two attached hydrogens (primary N) is 1. The average molecular weight is 347 g/mol. The van der Waals surface area contributed by atoms with E-state index in [0.717, 1.165) is 36.0 Å². The van der Waals surface area contributed by atoms with E-state index in [4.69, 9.17) is 15.3 Å². The summed E-state index contributed by atoms with van der Waals surface area (Å²) in [5, 5.41) is 4.39. The predicted octanol–water partition coefficient (Wildman–Crippen LogP) is 1.76. The molecule has 7 heteroatoms. The number of ether oxygens (including phenoxy) is 2. The quantitative estimate of drug-likeness (QED) is 0.606. The van der Waals surface area contributed by atoms with Crippen molar-refractivity contribution in [1.82, 2.24) is 15.2 Å². The zero-order chi connectivity index (χ0) is 14.6. The van der Waals surface area contributed by atoms with Crippen molar-refractivity contribution in [1.29, 1.82) is 0 Å². The first-order valence-corrected chi connectivity index (χ1v) is 7.72. The van der Waals surface area contributed by atoms with E-state index in [1.165, 1.54) is 0 Å². The second-order valence-electron chi connectivity index (χ2n) is 5.31. The van der Waals surface area contributed by atoms with Crippen molar-refractivity contribution in [2.75, 3.05) is 20.3 Å². The Bertz CT molecular complexity index is 432. The molecular formula is C13H23BrN4O2. The summed E-state index contributed by atoms with van der Waals surface area (Å²) < 4.78 is 14.0. The molecular weight excluding hydrogens is 324 g/mol. The first-order valence-electron chi connectivity index (χ1n) is 6.92. The summed E-state index contributed by atoms with van der Waals surface area (Å²) >= 11 is 3.57.